The number of aromatic nitrogens is 2. The van der Waals surface area contributed by atoms with Gasteiger partial charge >= 0.3 is 0 Å². The van der Waals surface area contributed by atoms with Crippen LogP contribution in [-0.2, 0) is 14.6 Å². The van der Waals surface area contributed by atoms with E-state index in [2.05, 4.69) is 15.3 Å². The van der Waals surface area contributed by atoms with Crippen molar-refractivity contribution >= 4 is 38.4 Å². The summed E-state index contributed by atoms with van der Waals surface area (Å²) >= 11 is 1.33. The molecule has 1 aromatic heterocycles. The van der Waals surface area contributed by atoms with Crippen molar-refractivity contribution in [2.24, 2.45) is 0 Å². The molecule has 6 nitrogen and oxygen atoms in total. The molecule has 0 unspecified atom stereocenters. The van der Waals surface area contributed by atoms with Crippen LogP contribution in [0, 0.1) is 0 Å². The van der Waals surface area contributed by atoms with E-state index in [-0.39, 0.29) is 29.2 Å². The fourth-order valence-electron chi connectivity index (χ4n) is 2.41. The van der Waals surface area contributed by atoms with E-state index in [1.165, 1.54) is 18.1 Å². The molecule has 3 rings (SSSR count). The van der Waals surface area contributed by atoms with Crippen LogP contribution in [0.4, 0.5) is 0 Å². The van der Waals surface area contributed by atoms with Gasteiger partial charge in [-0.25, -0.2) is 18.4 Å². The van der Waals surface area contributed by atoms with Gasteiger partial charge in [0.15, 0.2) is 9.84 Å². The van der Waals surface area contributed by atoms with E-state index in [0.29, 0.717) is 6.42 Å². The van der Waals surface area contributed by atoms with Gasteiger partial charge in [0.2, 0.25) is 5.91 Å². The Bertz CT molecular complexity index is 803. The van der Waals surface area contributed by atoms with Crippen molar-refractivity contribution in [1.29, 1.82) is 0 Å². The molecule has 2 aromatic rings. The third-order valence-corrected chi connectivity index (χ3v) is 6.22. The van der Waals surface area contributed by atoms with Gasteiger partial charge in [0, 0.05) is 11.4 Å². The van der Waals surface area contributed by atoms with Crippen LogP contribution >= 0.6 is 11.8 Å². The molecule has 22 heavy (non-hydrogen) atoms. The first-order valence-electron chi connectivity index (χ1n) is 6.86. The van der Waals surface area contributed by atoms with Gasteiger partial charge in [-0.3, -0.25) is 4.79 Å². The van der Waals surface area contributed by atoms with Crippen molar-refractivity contribution in [3.63, 3.8) is 0 Å². The van der Waals surface area contributed by atoms with Gasteiger partial charge in [-0.1, -0.05) is 30.0 Å². The number of benzene rings is 1. The Kier molecular flexibility index (Phi) is 4.30. The van der Waals surface area contributed by atoms with E-state index in [1.807, 2.05) is 24.3 Å². The van der Waals surface area contributed by atoms with Gasteiger partial charge in [0.25, 0.3) is 0 Å². The summed E-state index contributed by atoms with van der Waals surface area (Å²) in [6.45, 7) is 0. The molecule has 0 aliphatic carbocycles. The summed E-state index contributed by atoms with van der Waals surface area (Å²) in [6, 6.07) is 7.35. The second-order valence-corrected chi connectivity index (χ2v) is 8.34. The van der Waals surface area contributed by atoms with Crippen LogP contribution in [0.2, 0.25) is 0 Å². The summed E-state index contributed by atoms with van der Waals surface area (Å²) < 4.78 is 22.7. The zero-order valence-corrected chi connectivity index (χ0v) is 13.4. The van der Waals surface area contributed by atoms with Crippen LogP contribution in [0.1, 0.15) is 6.42 Å². The van der Waals surface area contributed by atoms with Crippen LogP contribution in [0.25, 0.3) is 10.9 Å². The smallest absolute Gasteiger partial charge is 0.230 e. The zero-order chi connectivity index (χ0) is 15.6. The van der Waals surface area contributed by atoms with Crippen LogP contribution in [-0.4, -0.2) is 47.6 Å². The quantitative estimate of drug-likeness (QED) is 0.662. The third-order valence-electron chi connectivity index (χ3n) is 3.44. The molecule has 0 saturated carbocycles. The minimum absolute atomic E-state index is 0.0415. The van der Waals surface area contributed by atoms with Gasteiger partial charge in [-0.15, -0.1) is 0 Å². The number of hydrogen-bond donors (Lipinski definition) is 1. The maximum atomic E-state index is 11.9. The molecule has 1 atom stereocenters. The first-order chi connectivity index (χ1) is 10.5. The Balaban J connectivity index is 1.61. The fraction of sp³-hybridized carbons (Fsp3) is 0.357. The summed E-state index contributed by atoms with van der Waals surface area (Å²) in [7, 11) is -2.98. The lowest BCUT2D eigenvalue weighted by Crippen LogP contribution is -2.36. The molecule has 1 amide bonds. The summed E-state index contributed by atoms with van der Waals surface area (Å²) in [5.41, 5.74) is 0.835. The number of fused-ring (bicyclic) bond motifs is 1. The maximum absolute atomic E-state index is 11.9. The summed E-state index contributed by atoms with van der Waals surface area (Å²) in [4.78, 5) is 20.3. The van der Waals surface area contributed by atoms with Crippen molar-refractivity contribution in [3.05, 3.63) is 30.6 Å². The van der Waals surface area contributed by atoms with E-state index in [1.54, 1.807) is 0 Å². The zero-order valence-electron chi connectivity index (χ0n) is 11.7. The average Bonchev–Trinajstić information content (AvgIpc) is 2.84. The van der Waals surface area contributed by atoms with Gasteiger partial charge in [0.1, 0.15) is 11.4 Å². The Morgan fingerprint density at radius 1 is 1.32 bits per heavy atom. The third kappa shape index (κ3) is 3.56. The standard InChI is InChI=1S/C14H15N3O3S2/c18-13(17-10-5-6-22(19,20)8-10)7-21-14-11-3-1-2-4-12(11)15-9-16-14/h1-4,9-10H,5-8H2,(H,17,18)/t10-/m0/s1. The molecule has 1 saturated heterocycles. The molecule has 0 radical (unpaired) electrons. The molecule has 0 spiro atoms. The number of carbonyl (C=O) groups is 1. The van der Waals surface area contributed by atoms with E-state index in [0.717, 1.165) is 15.9 Å². The number of thioether (sulfide) groups is 1. The highest BCUT2D eigenvalue weighted by molar-refractivity contribution is 8.00. The first kappa shape index (κ1) is 15.2. The molecular formula is C14H15N3O3S2. The van der Waals surface area contributed by atoms with E-state index in [9.17, 15) is 13.2 Å². The highest BCUT2D eigenvalue weighted by Crippen LogP contribution is 2.24. The second-order valence-electron chi connectivity index (χ2n) is 5.15. The number of carbonyl (C=O) groups excluding carboxylic acids is 1. The maximum Gasteiger partial charge on any atom is 0.230 e. The van der Waals surface area contributed by atoms with Crippen molar-refractivity contribution < 1.29 is 13.2 Å². The highest BCUT2D eigenvalue weighted by Gasteiger charge is 2.28. The van der Waals surface area contributed by atoms with Crippen LogP contribution in [0.3, 0.4) is 0 Å². The second kappa shape index (κ2) is 6.21. The monoisotopic (exact) mass is 337 g/mol. The number of nitrogens with one attached hydrogen (secondary N) is 1. The van der Waals surface area contributed by atoms with Gasteiger partial charge in [0.05, 0.1) is 22.8 Å². The lowest BCUT2D eigenvalue weighted by atomic mass is 10.2. The summed E-state index contributed by atoms with van der Waals surface area (Å²) in [6.07, 6.45) is 1.97. The molecule has 1 N–H and O–H groups in total. The van der Waals surface area contributed by atoms with E-state index in [4.69, 9.17) is 0 Å². The first-order valence-corrected chi connectivity index (χ1v) is 9.66. The summed E-state index contributed by atoms with van der Waals surface area (Å²) in [5, 5.41) is 4.43. The van der Waals surface area contributed by atoms with E-state index >= 15 is 0 Å². The molecule has 1 aliphatic heterocycles. The predicted molar refractivity (Wildman–Crippen MR) is 85.5 cm³/mol. The van der Waals surface area contributed by atoms with E-state index < -0.39 is 9.84 Å². The number of para-hydroxylation sites is 1. The Morgan fingerprint density at radius 2 is 2.14 bits per heavy atom. The van der Waals surface area contributed by atoms with Crippen molar-refractivity contribution in [3.8, 4) is 0 Å². The number of amides is 1. The predicted octanol–water partition coefficient (Wildman–Crippen LogP) is 1.03. The minimum Gasteiger partial charge on any atom is -0.352 e. The van der Waals surface area contributed by atoms with Crippen LogP contribution in [0.5, 0.6) is 0 Å². The fourth-order valence-corrected chi connectivity index (χ4v) is 4.88. The lowest BCUT2D eigenvalue weighted by molar-refractivity contribution is -0.119. The van der Waals surface area contributed by atoms with Gasteiger partial charge in [-0.05, 0) is 12.5 Å². The Hall–Kier alpha value is -1.67. The van der Waals surface area contributed by atoms with Crippen molar-refractivity contribution in [2.45, 2.75) is 17.5 Å². The molecule has 1 fully saturated rings. The molecule has 116 valence electrons. The van der Waals surface area contributed by atoms with Crippen molar-refractivity contribution in [1.82, 2.24) is 15.3 Å². The van der Waals surface area contributed by atoms with Crippen LogP contribution in [0.15, 0.2) is 35.6 Å². The SMILES string of the molecule is O=C(CSc1ncnc2ccccc12)N[C@H]1CCS(=O)(=O)C1. The number of sulfone groups is 1. The normalized spacial score (nSPS) is 20.1. The molecule has 1 aromatic carbocycles. The minimum atomic E-state index is -2.98. The van der Waals surface area contributed by atoms with Crippen LogP contribution < -0.4 is 5.32 Å². The topological polar surface area (TPSA) is 89.0 Å². The van der Waals surface area contributed by atoms with Crippen molar-refractivity contribution in [2.75, 3.05) is 17.3 Å². The molecule has 8 heteroatoms. The molecule has 1 aliphatic rings. The molecule has 2 heterocycles. The Labute approximate surface area is 132 Å². The number of nitrogens with zero attached hydrogens (tertiary/aromatic N) is 2. The molecular weight excluding hydrogens is 322 g/mol. The average molecular weight is 337 g/mol. The summed E-state index contributed by atoms with van der Waals surface area (Å²) in [5.74, 6) is 0.230. The lowest BCUT2D eigenvalue weighted by Gasteiger charge is -2.10. The number of rotatable bonds is 4. The highest BCUT2D eigenvalue weighted by atomic mass is 32.2. The van der Waals surface area contributed by atoms with Gasteiger partial charge in [-0.2, -0.15) is 0 Å². The number of hydrogen-bond acceptors (Lipinski definition) is 6. The van der Waals surface area contributed by atoms with Gasteiger partial charge < -0.3 is 5.32 Å². The largest absolute Gasteiger partial charge is 0.352 e. The Morgan fingerprint density at radius 3 is 2.91 bits per heavy atom. The molecule has 0 bridgehead atoms.